The van der Waals surface area contributed by atoms with E-state index in [9.17, 15) is 4.79 Å². The van der Waals surface area contributed by atoms with E-state index in [1.54, 1.807) is 4.90 Å². The quantitative estimate of drug-likeness (QED) is 0.815. The van der Waals surface area contributed by atoms with E-state index in [-0.39, 0.29) is 5.91 Å². The molecule has 1 fully saturated rings. The maximum atomic E-state index is 12.3. The highest BCUT2D eigenvalue weighted by Gasteiger charge is 2.26. The van der Waals surface area contributed by atoms with Gasteiger partial charge < -0.3 is 9.80 Å². The van der Waals surface area contributed by atoms with Gasteiger partial charge in [-0.25, -0.2) is 0 Å². The molecule has 0 radical (unpaired) electrons. The predicted molar refractivity (Wildman–Crippen MR) is 87.6 cm³/mol. The van der Waals surface area contributed by atoms with Crippen molar-refractivity contribution < 1.29 is 4.79 Å². The molecule has 1 N–H and O–H groups in total. The second kappa shape index (κ2) is 7.74. The van der Waals surface area contributed by atoms with Gasteiger partial charge in [-0.2, -0.15) is 5.10 Å². The molecule has 0 saturated carbocycles. The summed E-state index contributed by atoms with van der Waals surface area (Å²) in [5.41, 5.74) is 2.08. The summed E-state index contributed by atoms with van der Waals surface area (Å²) >= 11 is 0. The number of rotatable bonds is 7. The lowest BCUT2D eigenvalue weighted by Crippen LogP contribution is -2.38. The summed E-state index contributed by atoms with van der Waals surface area (Å²) < 4.78 is 0. The SMILES string of the molecule is CCCc1cc(CN(C)C(=O)CN2CCC(N(C)C)C2)[nH]n1. The Bertz CT molecular complexity index is 485. The highest BCUT2D eigenvalue weighted by atomic mass is 16.2. The summed E-state index contributed by atoms with van der Waals surface area (Å²) in [5.74, 6) is 0.172. The zero-order valence-electron chi connectivity index (χ0n) is 14.3. The van der Waals surface area contributed by atoms with Gasteiger partial charge in [-0.3, -0.25) is 14.8 Å². The third kappa shape index (κ3) is 4.55. The minimum absolute atomic E-state index is 0.172. The van der Waals surface area contributed by atoms with Gasteiger partial charge in [0.1, 0.15) is 0 Å². The zero-order chi connectivity index (χ0) is 16.1. The van der Waals surface area contributed by atoms with Crippen LogP contribution in [-0.2, 0) is 17.8 Å². The molecule has 0 bridgehead atoms. The number of nitrogens with zero attached hydrogens (tertiary/aromatic N) is 4. The number of amides is 1. The van der Waals surface area contributed by atoms with Crippen molar-refractivity contribution in [2.45, 2.75) is 38.8 Å². The summed E-state index contributed by atoms with van der Waals surface area (Å²) in [7, 11) is 6.07. The number of hydrogen-bond acceptors (Lipinski definition) is 4. The maximum absolute atomic E-state index is 12.3. The van der Waals surface area contributed by atoms with Crippen LogP contribution in [0.15, 0.2) is 6.07 Å². The molecule has 2 rings (SSSR count). The normalized spacial score (nSPS) is 19.0. The number of likely N-dealkylation sites (N-methyl/N-ethyl adjacent to an activating group) is 2. The molecular weight excluding hydrogens is 278 g/mol. The van der Waals surface area contributed by atoms with Gasteiger partial charge in [0.2, 0.25) is 5.91 Å². The van der Waals surface area contributed by atoms with Crippen LogP contribution in [0, 0.1) is 0 Å². The van der Waals surface area contributed by atoms with Crippen LogP contribution in [0.1, 0.15) is 31.2 Å². The highest BCUT2D eigenvalue weighted by molar-refractivity contribution is 5.78. The summed E-state index contributed by atoms with van der Waals surface area (Å²) in [6.07, 6.45) is 3.21. The fourth-order valence-electron chi connectivity index (χ4n) is 2.91. The van der Waals surface area contributed by atoms with Gasteiger partial charge in [0, 0.05) is 26.2 Å². The minimum atomic E-state index is 0.172. The van der Waals surface area contributed by atoms with Crippen LogP contribution in [0.3, 0.4) is 0 Å². The van der Waals surface area contributed by atoms with E-state index >= 15 is 0 Å². The molecule has 1 aromatic rings. The van der Waals surface area contributed by atoms with Crippen LogP contribution in [0.4, 0.5) is 0 Å². The first-order valence-corrected chi connectivity index (χ1v) is 8.15. The minimum Gasteiger partial charge on any atom is -0.339 e. The second-order valence-electron chi connectivity index (χ2n) is 6.53. The molecule has 6 heteroatoms. The molecule has 1 saturated heterocycles. The van der Waals surface area contributed by atoms with E-state index in [2.05, 4.69) is 47.1 Å². The average Bonchev–Trinajstić information content (AvgIpc) is 3.09. The van der Waals surface area contributed by atoms with Gasteiger partial charge in [0.25, 0.3) is 0 Å². The fraction of sp³-hybridized carbons (Fsp3) is 0.750. The molecule has 2 heterocycles. The largest absolute Gasteiger partial charge is 0.339 e. The molecule has 0 spiro atoms. The monoisotopic (exact) mass is 307 g/mol. The van der Waals surface area contributed by atoms with Crippen LogP contribution in [0.2, 0.25) is 0 Å². The number of H-pyrrole nitrogens is 1. The average molecular weight is 307 g/mol. The molecule has 1 unspecified atom stereocenters. The molecule has 1 amide bonds. The van der Waals surface area contributed by atoms with Crippen LogP contribution in [0.25, 0.3) is 0 Å². The van der Waals surface area contributed by atoms with Crippen LogP contribution < -0.4 is 0 Å². The summed E-state index contributed by atoms with van der Waals surface area (Å²) in [4.78, 5) is 18.6. The van der Waals surface area contributed by atoms with E-state index in [0.29, 0.717) is 19.1 Å². The van der Waals surface area contributed by atoms with Crippen LogP contribution in [-0.4, -0.2) is 77.6 Å². The first-order chi connectivity index (χ1) is 10.5. The Kier molecular flexibility index (Phi) is 5.97. The number of aromatic amines is 1. The second-order valence-corrected chi connectivity index (χ2v) is 6.53. The number of carbonyl (C=O) groups is 1. The Balaban J connectivity index is 1.79. The van der Waals surface area contributed by atoms with Crippen LogP contribution >= 0.6 is 0 Å². The Labute approximate surface area is 133 Å². The van der Waals surface area contributed by atoms with Crippen molar-refractivity contribution in [3.8, 4) is 0 Å². The molecule has 1 aliphatic heterocycles. The van der Waals surface area contributed by atoms with Crippen molar-refractivity contribution in [2.75, 3.05) is 40.8 Å². The van der Waals surface area contributed by atoms with E-state index < -0.39 is 0 Å². The molecule has 124 valence electrons. The lowest BCUT2D eigenvalue weighted by Gasteiger charge is -2.22. The van der Waals surface area contributed by atoms with E-state index in [1.807, 2.05) is 7.05 Å². The number of aryl methyl sites for hydroxylation is 1. The third-order valence-electron chi connectivity index (χ3n) is 4.36. The Morgan fingerprint density at radius 1 is 1.45 bits per heavy atom. The molecule has 1 aliphatic rings. The Hall–Kier alpha value is -1.40. The summed E-state index contributed by atoms with van der Waals surface area (Å²) in [6, 6.07) is 2.63. The van der Waals surface area contributed by atoms with Gasteiger partial charge >= 0.3 is 0 Å². The summed E-state index contributed by atoms with van der Waals surface area (Å²) in [6.45, 7) is 5.24. The van der Waals surface area contributed by atoms with Crippen LogP contribution in [0.5, 0.6) is 0 Å². The lowest BCUT2D eigenvalue weighted by molar-refractivity contribution is -0.131. The fourth-order valence-corrected chi connectivity index (χ4v) is 2.91. The molecule has 1 atom stereocenters. The van der Waals surface area contributed by atoms with Gasteiger partial charge in [0.15, 0.2) is 0 Å². The van der Waals surface area contributed by atoms with Gasteiger partial charge in [-0.05, 0) is 33.0 Å². The smallest absolute Gasteiger partial charge is 0.236 e. The molecular formula is C16H29N5O. The molecule has 22 heavy (non-hydrogen) atoms. The number of likely N-dealkylation sites (tertiary alicyclic amines) is 1. The summed E-state index contributed by atoms with van der Waals surface area (Å²) in [5, 5.41) is 7.30. The van der Waals surface area contributed by atoms with Crippen molar-refractivity contribution in [2.24, 2.45) is 0 Å². The first-order valence-electron chi connectivity index (χ1n) is 8.15. The zero-order valence-corrected chi connectivity index (χ0v) is 14.3. The van der Waals surface area contributed by atoms with Crippen molar-refractivity contribution >= 4 is 5.91 Å². The Morgan fingerprint density at radius 3 is 2.86 bits per heavy atom. The molecule has 1 aromatic heterocycles. The lowest BCUT2D eigenvalue weighted by atomic mass is 10.2. The maximum Gasteiger partial charge on any atom is 0.236 e. The number of hydrogen-bond donors (Lipinski definition) is 1. The van der Waals surface area contributed by atoms with E-state index in [1.165, 1.54) is 0 Å². The van der Waals surface area contributed by atoms with Crippen molar-refractivity contribution in [3.05, 3.63) is 17.5 Å². The van der Waals surface area contributed by atoms with E-state index in [0.717, 1.165) is 43.7 Å². The topological polar surface area (TPSA) is 55.5 Å². The first kappa shape index (κ1) is 17.0. The predicted octanol–water partition coefficient (Wildman–Crippen LogP) is 0.957. The molecule has 0 aromatic carbocycles. The third-order valence-corrected chi connectivity index (χ3v) is 4.36. The van der Waals surface area contributed by atoms with Gasteiger partial charge in [0.05, 0.1) is 24.5 Å². The Morgan fingerprint density at radius 2 is 2.23 bits per heavy atom. The number of carbonyl (C=O) groups excluding carboxylic acids is 1. The molecule has 6 nitrogen and oxygen atoms in total. The van der Waals surface area contributed by atoms with Gasteiger partial charge in [-0.1, -0.05) is 13.3 Å². The van der Waals surface area contributed by atoms with Crippen molar-refractivity contribution in [3.63, 3.8) is 0 Å². The standard InChI is InChI=1S/C16H29N5O/c1-5-6-13-9-14(18-17-13)10-20(4)16(22)12-21-8-7-15(11-21)19(2)3/h9,15H,5-8,10-12H2,1-4H3,(H,17,18). The van der Waals surface area contributed by atoms with Crippen molar-refractivity contribution in [1.29, 1.82) is 0 Å². The number of aromatic nitrogens is 2. The highest BCUT2D eigenvalue weighted by Crippen LogP contribution is 2.13. The van der Waals surface area contributed by atoms with Crippen molar-refractivity contribution in [1.82, 2.24) is 24.9 Å². The van der Waals surface area contributed by atoms with E-state index in [4.69, 9.17) is 0 Å². The van der Waals surface area contributed by atoms with Gasteiger partial charge in [-0.15, -0.1) is 0 Å². The number of nitrogens with one attached hydrogen (secondary N) is 1. The molecule has 0 aliphatic carbocycles.